The second-order valence-corrected chi connectivity index (χ2v) is 9.21. The van der Waals surface area contributed by atoms with Crippen molar-refractivity contribution in [1.29, 1.82) is 0 Å². The highest BCUT2D eigenvalue weighted by atomic mass is 32.2. The molecule has 3 N–H and O–H groups in total. The summed E-state index contributed by atoms with van der Waals surface area (Å²) in [6.07, 6.45) is 2.54. The van der Waals surface area contributed by atoms with Crippen LogP contribution in [-0.4, -0.2) is 24.9 Å². The number of sulfonamides is 1. The molecule has 0 saturated heterocycles. The fourth-order valence-corrected chi connectivity index (χ4v) is 5.63. The summed E-state index contributed by atoms with van der Waals surface area (Å²) in [6.45, 7) is 8.05. The Balaban J connectivity index is 1.88. The number of fused-ring (bicyclic) bond motifs is 1. The Morgan fingerprint density at radius 3 is 2.34 bits per heavy atom. The van der Waals surface area contributed by atoms with Gasteiger partial charge in [0, 0.05) is 35.2 Å². The van der Waals surface area contributed by atoms with Gasteiger partial charge in [-0.2, -0.15) is 0 Å². The molecule has 0 saturated carbocycles. The van der Waals surface area contributed by atoms with E-state index in [2.05, 4.69) is 4.72 Å². The number of nitrogens with zero attached hydrogens (tertiary/aromatic N) is 1. The van der Waals surface area contributed by atoms with Crippen molar-refractivity contribution >= 4 is 26.8 Å². The van der Waals surface area contributed by atoms with E-state index in [9.17, 15) is 13.2 Å². The third kappa shape index (κ3) is 4.36. The van der Waals surface area contributed by atoms with Gasteiger partial charge in [-0.3, -0.25) is 4.79 Å². The second-order valence-electron chi connectivity index (χ2n) is 7.56. The van der Waals surface area contributed by atoms with E-state index in [1.807, 2.05) is 62.7 Å². The summed E-state index contributed by atoms with van der Waals surface area (Å²) in [7, 11) is -3.65. The van der Waals surface area contributed by atoms with Crippen molar-refractivity contribution in [1.82, 2.24) is 9.29 Å². The maximum absolute atomic E-state index is 13.1. The summed E-state index contributed by atoms with van der Waals surface area (Å²) in [4.78, 5) is 11.7. The number of benzene rings is 2. The first-order chi connectivity index (χ1) is 13.6. The van der Waals surface area contributed by atoms with Gasteiger partial charge in [-0.25, -0.2) is 13.1 Å². The third-order valence-electron chi connectivity index (χ3n) is 5.16. The molecule has 29 heavy (non-hydrogen) atoms. The Bertz CT molecular complexity index is 1160. The molecule has 6 nitrogen and oxygen atoms in total. The monoisotopic (exact) mass is 413 g/mol. The minimum absolute atomic E-state index is 0.272. The van der Waals surface area contributed by atoms with E-state index in [1.165, 1.54) is 0 Å². The highest BCUT2D eigenvalue weighted by Gasteiger charge is 2.23. The molecule has 1 aromatic heterocycles. The zero-order valence-corrected chi connectivity index (χ0v) is 18.0. The molecule has 3 rings (SSSR count). The van der Waals surface area contributed by atoms with Crippen LogP contribution in [0, 0.1) is 20.8 Å². The van der Waals surface area contributed by atoms with Gasteiger partial charge in [-0.15, -0.1) is 0 Å². The van der Waals surface area contributed by atoms with Crippen molar-refractivity contribution in [2.24, 2.45) is 5.73 Å². The molecule has 0 radical (unpaired) electrons. The van der Waals surface area contributed by atoms with Gasteiger partial charge in [-0.05, 0) is 62.6 Å². The van der Waals surface area contributed by atoms with Crippen LogP contribution in [-0.2, 0) is 16.6 Å². The van der Waals surface area contributed by atoms with Gasteiger partial charge in [0.15, 0.2) is 0 Å². The zero-order valence-electron chi connectivity index (χ0n) is 17.2. The van der Waals surface area contributed by atoms with Crippen molar-refractivity contribution in [2.45, 2.75) is 51.6 Å². The summed E-state index contributed by atoms with van der Waals surface area (Å²) in [6, 6.07) is 10.7. The van der Waals surface area contributed by atoms with Crippen LogP contribution in [0.15, 0.2) is 47.5 Å². The van der Waals surface area contributed by atoms with Crippen LogP contribution in [0.4, 0.5) is 0 Å². The quantitative estimate of drug-likeness (QED) is 0.621. The Labute approximate surface area is 171 Å². The van der Waals surface area contributed by atoms with Gasteiger partial charge < -0.3 is 10.3 Å². The van der Waals surface area contributed by atoms with E-state index in [1.54, 1.807) is 12.1 Å². The van der Waals surface area contributed by atoms with Gasteiger partial charge >= 0.3 is 0 Å². The Morgan fingerprint density at radius 1 is 1.10 bits per heavy atom. The lowest BCUT2D eigenvalue weighted by molar-refractivity contribution is 0.100. The number of amides is 1. The van der Waals surface area contributed by atoms with E-state index in [-0.39, 0.29) is 6.04 Å². The van der Waals surface area contributed by atoms with Crippen LogP contribution in [0.5, 0.6) is 0 Å². The standard InChI is InChI=1S/C22H27N3O3S/c1-5-19(24-29(27,28)21-15(3)10-14(2)11-16(21)4)13-25-9-8-17-12-18(22(23)26)6-7-20(17)25/h6-12,19,24H,5,13H2,1-4H3,(H2,23,26)/t19-/m0/s1. The maximum Gasteiger partial charge on any atom is 0.248 e. The minimum atomic E-state index is -3.65. The second kappa shape index (κ2) is 8.00. The largest absolute Gasteiger partial charge is 0.366 e. The minimum Gasteiger partial charge on any atom is -0.366 e. The molecule has 1 heterocycles. The zero-order chi connectivity index (χ0) is 21.3. The van der Waals surface area contributed by atoms with Crippen molar-refractivity contribution in [3.05, 3.63) is 64.8 Å². The SMILES string of the molecule is CC[C@@H](Cn1ccc2cc(C(N)=O)ccc21)NS(=O)(=O)c1c(C)cc(C)cc1C. The van der Waals surface area contributed by atoms with Crippen LogP contribution < -0.4 is 10.5 Å². The summed E-state index contributed by atoms with van der Waals surface area (Å²) >= 11 is 0. The number of primary amides is 1. The molecule has 0 bridgehead atoms. The molecule has 0 aliphatic carbocycles. The molecular weight excluding hydrogens is 386 g/mol. The van der Waals surface area contributed by atoms with Gasteiger partial charge in [0.2, 0.25) is 15.9 Å². The van der Waals surface area contributed by atoms with E-state index in [0.717, 1.165) is 27.6 Å². The fourth-order valence-electron chi connectivity index (χ4n) is 3.87. The molecule has 0 fully saturated rings. The van der Waals surface area contributed by atoms with E-state index in [0.29, 0.717) is 23.4 Å². The van der Waals surface area contributed by atoms with E-state index < -0.39 is 15.9 Å². The molecule has 0 unspecified atom stereocenters. The molecule has 1 atom stereocenters. The van der Waals surface area contributed by atoms with Gasteiger partial charge in [0.05, 0.1) is 4.90 Å². The van der Waals surface area contributed by atoms with Crippen LogP contribution >= 0.6 is 0 Å². The normalized spacial score (nSPS) is 13.0. The first-order valence-corrected chi connectivity index (χ1v) is 11.1. The van der Waals surface area contributed by atoms with Crippen molar-refractivity contribution in [3.63, 3.8) is 0 Å². The Kier molecular flexibility index (Phi) is 5.82. The Hall–Kier alpha value is -2.64. The van der Waals surface area contributed by atoms with Gasteiger partial charge in [0.1, 0.15) is 0 Å². The van der Waals surface area contributed by atoms with E-state index >= 15 is 0 Å². The lowest BCUT2D eigenvalue weighted by Crippen LogP contribution is -2.38. The van der Waals surface area contributed by atoms with Crippen LogP contribution in [0.2, 0.25) is 0 Å². The molecule has 0 aliphatic heterocycles. The number of aryl methyl sites for hydroxylation is 3. The molecule has 0 spiro atoms. The highest BCUT2D eigenvalue weighted by Crippen LogP contribution is 2.23. The summed E-state index contributed by atoms with van der Waals surface area (Å²) in [5, 5.41) is 0.893. The molecule has 7 heteroatoms. The summed E-state index contributed by atoms with van der Waals surface area (Å²) < 4.78 is 31.1. The molecular formula is C22H27N3O3S. The fraction of sp³-hybridized carbons (Fsp3) is 0.318. The first-order valence-electron chi connectivity index (χ1n) is 9.61. The summed E-state index contributed by atoms with van der Waals surface area (Å²) in [5.74, 6) is -0.470. The predicted molar refractivity (Wildman–Crippen MR) is 116 cm³/mol. The number of hydrogen-bond donors (Lipinski definition) is 2. The van der Waals surface area contributed by atoms with Gasteiger partial charge in [-0.1, -0.05) is 24.6 Å². The predicted octanol–water partition coefficient (Wildman–Crippen LogP) is 3.42. The number of aromatic nitrogens is 1. The number of nitrogens with one attached hydrogen (secondary N) is 1. The molecule has 154 valence electrons. The lowest BCUT2D eigenvalue weighted by Gasteiger charge is -2.20. The van der Waals surface area contributed by atoms with Crippen molar-refractivity contribution in [2.75, 3.05) is 0 Å². The smallest absolute Gasteiger partial charge is 0.248 e. The van der Waals surface area contributed by atoms with Gasteiger partial charge in [0.25, 0.3) is 0 Å². The Morgan fingerprint density at radius 2 is 1.76 bits per heavy atom. The van der Waals surface area contributed by atoms with Crippen LogP contribution in [0.1, 0.15) is 40.4 Å². The van der Waals surface area contributed by atoms with Crippen molar-refractivity contribution in [3.8, 4) is 0 Å². The molecule has 2 aromatic carbocycles. The summed E-state index contributed by atoms with van der Waals surface area (Å²) in [5.41, 5.74) is 9.26. The van der Waals surface area contributed by atoms with Crippen LogP contribution in [0.25, 0.3) is 10.9 Å². The average Bonchev–Trinajstić information content (AvgIpc) is 3.01. The van der Waals surface area contributed by atoms with Crippen molar-refractivity contribution < 1.29 is 13.2 Å². The number of hydrogen-bond acceptors (Lipinski definition) is 3. The maximum atomic E-state index is 13.1. The number of nitrogens with two attached hydrogens (primary N) is 1. The van der Waals surface area contributed by atoms with Crippen LogP contribution in [0.3, 0.4) is 0 Å². The lowest BCUT2D eigenvalue weighted by atomic mass is 10.1. The van der Waals surface area contributed by atoms with E-state index in [4.69, 9.17) is 5.73 Å². The molecule has 1 amide bonds. The number of rotatable bonds is 7. The topological polar surface area (TPSA) is 94.2 Å². The average molecular weight is 414 g/mol. The number of carbonyl (C=O) groups is 1. The number of carbonyl (C=O) groups excluding carboxylic acids is 1. The molecule has 3 aromatic rings. The molecule has 0 aliphatic rings. The first kappa shape index (κ1) is 21.1. The highest BCUT2D eigenvalue weighted by molar-refractivity contribution is 7.89. The third-order valence-corrected chi connectivity index (χ3v) is 6.99.